The number of hydrogen-bond acceptors (Lipinski definition) is 2. The number of likely N-dealkylation sites (tertiary alicyclic amines) is 1. The highest BCUT2D eigenvalue weighted by atomic mass is 16.5. The molecule has 0 aromatic heterocycles. The van der Waals surface area contributed by atoms with Crippen LogP contribution in [0.5, 0.6) is 5.75 Å². The number of piperidine rings is 1. The van der Waals surface area contributed by atoms with Crippen LogP contribution in [0.3, 0.4) is 0 Å². The van der Waals surface area contributed by atoms with Crippen LogP contribution in [0, 0.1) is 5.92 Å². The molecular weight excluding hydrogens is 312 g/mol. The van der Waals surface area contributed by atoms with E-state index >= 15 is 0 Å². The SMILES string of the molecule is COc1cccc(CNC(=O)N2CCC(Cc3ccccc3)CC2)c1. The monoisotopic (exact) mass is 338 g/mol. The van der Waals surface area contributed by atoms with E-state index in [-0.39, 0.29) is 6.03 Å². The molecule has 1 saturated heterocycles. The van der Waals surface area contributed by atoms with Gasteiger partial charge >= 0.3 is 6.03 Å². The highest BCUT2D eigenvalue weighted by molar-refractivity contribution is 5.74. The van der Waals surface area contributed by atoms with Crippen molar-refractivity contribution < 1.29 is 9.53 Å². The van der Waals surface area contributed by atoms with E-state index in [4.69, 9.17) is 4.74 Å². The number of nitrogens with one attached hydrogen (secondary N) is 1. The summed E-state index contributed by atoms with van der Waals surface area (Å²) in [6.07, 6.45) is 3.25. The van der Waals surface area contributed by atoms with Gasteiger partial charge in [-0.1, -0.05) is 42.5 Å². The molecule has 3 rings (SSSR count). The first kappa shape index (κ1) is 17.3. The van der Waals surface area contributed by atoms with E-state index in [2.05, 4.69) is 35.6 Å². The first-order valence-corrected chi connectivity index (χ1v) is 8.94. The number of amides is 2. The topological polar surface area (TPSA) is 41.6 Å². The smallest absolute Gasteiger partial charge is 0.317 e. The van der Waals surface area contributed by atoms with Crippen molar-refractivity contribution in [2.75, 3.05) is 20.2 Å². The van der Waals surface area contributed by atoms with Gasteiger partial charge in [0.25, 0.3) is 0 Å². The van der Waals surface area contributed by atoms with Crippen LogP contribution in [0.4, 0.5) is 4.79 Å². The van der Waals surface area contributed by atoms with Crippen LogP contribution in [0.15, 0.2) is 54.6 Å². The van der Waals surface area contributed by atoms with E-state index in [1.807, 2.05) is 29.2 Å². The summed E-state index contributed by atoms with van der Waals surface area (Å²) in [5, 5.41) is 3.02. The second kappa shape index (κ2) is 8.56. The molecule has 25 heavy (non-hydrogen) atoms. The molecule has 1 N–H and O–H groups in total. The summed E-state index contributed by atoms with van der Waals surface area (Å²) in [5.41, 5.74) is 2.44. The molecule has 0 aliphatic carbocycles. The predicted molar refractivity (Wildman–Crippen MR) is 99.7 cm³/mol. The molecule has 0 unspecified atom stereocenters. The fourth-order valence-corrected chi connectivity index (χ4v) is 3.36. The fraction of sp³-hybridized carbons (Fsp3) is 0.381. The molecule has 0 bridgehead atoms. The molecule has 1 heterocycles. The van der Waals surface area contributed by atoms with E-state index in [0.717, 1.165) is 43.7 Å². The molecule has 1 aliphatic heterocycles. The fourth-order valence-electron chi connectivity index (χ4n) is 3.36. The summed E-state index contributed by atoms with van der Waals surface area (Å²) < 4.78 is 5.22. The molecule has 4 nitrogen and oxygen atoms in total. The van der Waals surface area contributed by atoms with Crippen molar-refractivity contribution in [3.05, 3.63) is 65.7 Å². The van der Waals surface area contributed by atoms with E-state index in [0.29, 0.717) is 12.5 Å². The Balaban J connectivity index is 1.43. The van der Waals surface area contributed by atoms with Crippen molar-refractivity contribution in [3.63, 3.8) is 0 Å². The van der Waals surface area contributed by atoms with Gasteiger partial charge in [0.1, 0.15) is 5.75 Å². The first-order valence-electron chi connectivity index (χ1n) is 8.94. The summed E-state index contributed by atoms with van der Waals surface area (Å²) in [5.74, 6) is 1.48. The highest BCUT2D eigenvalue weighted by Gasteiger charge is 2.22. The zero-order valence-corrected chi connectivity index (χ0v) is 14.8. The summed E-state index contributed by atoms with van der Waals surface area (Å²) in [6.45, 7) is 2.20. The average molecular weight is 338 g/mol. The van der Waals surface area contributed by atoms with Crippen LogP contribution in [-0.4, -0.2) is 31.1 Å². The Morgan fingerprint density at radius 1 is 1.08 bits per heavy atom. The van der Waals surface area contributed by atoms with Crippen LogP contribution >= 0.6 is 0 Å². The number of carbonyl (C=O) groups is 1. The molecule has 0 saturated carbocycles. The summed E-state index contributed by atoms with van der Waals surface area (Å²) in [6, 6.07) is 18.4. The normalized spacial score (nSPS) is 15.0. The third-order valence-electron chi connectivity index (χ3n) is 4.85. The van der Waals surface area contributed by atoms with Crippen LogP contribution in [0.2, 0.25) is 0 Å². The van der Waals surface area contributed by atoms with Gasteiger partial charge in [-0.3, -0.25) is 0 Å². The van der Waals surface area contributed by atoms with Crippen LogP contribution in [-0.2, 0) is 13.0 Å². The number of urea groups is 1. The minimum atomic E-state index is 0.0287. The molecule has 2 amide bonds. The number of hydrogen-bond donors (Lipinski definition) is 1. The standard InChI is InChI=1S/C21H26N2O2/c1-25-20-9-5-8-19(15-20)16-22-21(24)23-12-10-18(11-13-23)14-17-6-3-2-4-7-17/h2-9,15,18H,10-14,16H2,1H3,(H,22,24). The maximum atomic E-state index is 12.4. The molecule has 2 aromatic rings. The van der Waals surface area contributed by atoms with Gasteiger partial charge < -0.3 is 15.0 Å². The Kier molecular flexibility index (Phi) is 5.94. The minimum absolute atomic E-state index is 0.0287. The zero-order chi connectivity index (χ0) is 17.5. The first-order chi connectivity index (χ1) is 12.2. The van der Waals surface area contributed by atoms with Crippen molar-refractivity contribution in [3.8, 4) is 5.75 Å². The molecule has 0 atom stereocenters. The van der Waals surface area contributed by atoms with Gasteiger partial charge in [0.2, 0.25) is 0 Å². The highest BCUT2D eigenvalue weighted by Crippen LogP contribution is 2.21. The Morgan fingerprint density at radius 2 is 1.80 bits per heavy atom. The molecule has 1 fully saturated rings. The second-order valence-electron chi connectivity index (χ2n) is 6.63. The van der Waals surface area contributed by atoms with Crippen molar-refractivity contribution in [2.45, 2.75) is 25.8 Å². The quantitative estimate of drug-likeness (QED) is 0.899. The molecule has 1 aliphatic rings. The summed E-state index contributed by atoms with van der Waals surface area (Å²) >= 11 is 0. The molecule has 132 valence electrons. The van der Waals surface area contributed by atoms with Gasteiger partial charge in [0.05, 0.1) is 7.11 Å². The minimum Gasteiger partial charge on any atom is -0.497 e. The molecular formula is C21H26N2O2. The number of nitrogens with zero attached hydrogens (tertiary/aromatic N) is 1. The Hall–Kier alpha value is -2.49. The third kappa shape index (κ3) is 4.99. The van der Waals surface area contributed by atoms with E-state index < -0.39 is 0 Å². The number of rotatable bonds is 5. The van der Waals surface area contributed by atoms with Gasteiger partial charge in [-0.15, -0.1) is 0 Å². The van der Waals surface area contributed by atoms with Crippen molar-refractivity contribution in [1.29, 1.82) is 0 Å². The number of carbonyl (C=O) groups excluding carboxylic acids is 1. The lowest BCUT2D eigenvalue weighted by Crippen LogP contribution is -2.44. The Labute approximate surface area is 149 Å². The van der Waals surface area contributed by atoms with Crippen molar-refractivity contribution >= 4 is 6.03 Å². The van der Waals surface area contributed by atoms with Gasteiger partial charge in [0.15, 0.2) is 0 Å². The van der Waals surface area contributed by atoms with E-state index in [9.17, 15) is 4.79 Å². The molecule has 2 aromatic carbocycles. The Morgan fingerprint density at radius 3 is 2.52 bits per heavy atom. The van der Waals surface area contributed by atoms with Gasteiger partial charge in [-0.05, 0) is 48.4 Å². The second-order valence-corrected chi connectivity index (χ2v) is 6.63. The number of methoxy groups -OCH3 is 1. The molecule has 4 heteroatoms. The number of benzene rings is 2. The molecule has 0 spiro atoms. The molecule has 0 radical (unpaired) electrons. The van der Waals surface area contributed by atoms with Crippen molar-refractivity contribution in [2.24, 2.45) is 5.92 Å². The van der Waals surface area contributed by atoms with Gasteiger partial charge in [-0.2, -0.15) is 0 Å². The average Bonchev–Trinajstić information content (AvgIpc) is 2.67. The predicted octanol–water partition coefficient (Wildman–Crippen LogP) is 3.86. The van der Waals surface area contributed by atoms with E-state index in [1.165, 1.54) is 5.56 Å². The third-order valence-corrected chi connectivity index (χ3v) is 4.85. The summed E-state index contributed by atoms with van der Waals surface area (Å²) in [4.78, 5) is 14.3. The largest absolute Gasteiger partial charge is 0.497 e. The van der Waals surface area contributed by atoms with Crippen LogP contribution in [0.1, 0.15) is 24.0 Å². The van der Waals surface area contributed by atoms with E-state index in [1.54, 1.807) is 7.11 Å². The van der Waals surface area contributed by atoms with Crippen molar-refractivity contribution in [1.82, 2.24) is 10.2 Å². The lowest BCUT2D eigenvalue weighted by Gasteiger charge is -2.32. The Bertz CT molecular complexity index is 679. The van der Waals surface area contributed by atoms with Gasteiger partial charge in [-0.25, -0.2) is 4.79 Å². The van der Waals surface area contributed by atoms with Crippen LogP contribution < -0.4 is 10.1 Å². The lowest BCUT2D eigenvalue weighted by atomic mass is 9.90. The number of ether oxygens (including phenoxy) is 1. The maximum absolute atomic E-state index is 12.4. The zero-order valence-electron chi connectivity index (χ0n) is 14.8. The van der Waals surface area contributed by atoms with Crippen LogP contribution in [0.25, 0.3) is 0 Å². The summed E-state index contributed by atoms with van der Waals surface area (Å²) in [7, 11) is 1.65. The maximum Gasteiger partial charge on any atom is 0.317 e. The lowest BCUT2D eigenvalue weighted by molar-refractivity contribution is 0.170. The van der Waals surface area contributed by atoms with Gasteiger partial charge in [0, 0.05) is 19.6 Å².